The van der Waals surface area contributed by atoms with Crippen LogP contribution in [0.1, 0.15) is 21.7 Å². The van der Waals surface area contributed by atoms with Gasteiger partial charge in [0.05, 0.1) is 18.7 Å². The first-order valence-corrected chi connectivity index (χ1v) is 5.11. The SMILES string of the molecule is Cc1nnc(C(=O)N2CC(C)(O)C2)s1. The lowest BCUT2D eigenvalue weighted by Crippen LogP contribution is -2.61. The molecule has 0 unspecified atom stereocenters. The van der Waals surface area contributed by atoms with Gasteiger partial charge in [0.1, 0.15) is 5.01 Å². The fraction of sp³-hybridized carbons (Fsp3) is 0.625. The number of amides is 1. The summed E-state index contributed by atoms with van der Waals surface area (Å²) in [5.74, 6) is -0.137. The van der Waals surface area contributed by atoms with Crippen LogP contribution >= 0.6 is 11.3 Å². The standard InChI is InChI=1S/C8H11N3O2S/c1-5-9-10-6(14-5)7(12)11-3-8(2,13)4-11/h13H,3-4H2,1-2H3. The number of β-amino-alcohol motifs (C(OH)–C–C–N with tert-alkyl or cyclic N) is 1. The largest absolute Gasteiger partial charge is 0.386 e. The molecule has 5 nitrogen and oxygen atoms in total. The van der Waals surface area contributed by atoms with Crippen molar-refractivity contribution in [2.45, 2.75) is 19.4 Å². The van der Waals surface area contributed by atoms with Crippen molar-refractivity contribution in [3.63, 3.8) is 0 Å². The van der Waals surface area contributed by atoms with E-state index in [2.05, 4.69) is 10.2 Å². The van der Waals surface area contributed by atoms with Crippen molar-refractivity contribution >= 4 is 17.2 Å². The molecule has 76 valence electrons. The number of carbonyl (C=O) groups excluding carboxylic acids is 1. The molecule has 1 amide bonds. The van der Waals surface area contributed by atoms with Crippen molar-refractivity contribution < 1.29 is 9.90 Å². The van der Waals surface area contributed by atoms with E-state index in [1.165, 1.54) is 11.3 Å². The first-order valence-electron chi connectivity index (χ1n) is 4.30. The second-order valence-corrected chi connectivity index (χ2v) is 4.97. The van der Waals surface area contributed by atoms with E-state index in [-0.39, 0.29) is 5.91 Å². The van der Waals surface area contributed by atoms with Crippen LogP contribution in [0.2, 0.25) is 0 Å². The van der Waals surface area contributed by atoms with Crippen LogP contribution in [-0.2, 0) is 0 Å². The van der Waals surface area contributed by atoms with Gasteiger partial charge >= 0.3 is 0 Å². The molecule has 1 N–H and O–H groups in total. The van der Waals surface area contributed by atoms with Crippen LogP contribution in [0.5, 0.6) is 0 Å². The molecule has 0 spiro atoms. The van der Waals surface area contributed by atoms with Crippen molar-refractivity contribution in [2.75, 3.05) is 13.1 Å². The minimum Gasteiger partial charge on any atom is -0.386 e. The highest BCUT2D eigenvalue weighted by Crippen LogP contribution is 2.22. The minimum absolute atomic E-state index is 0.137. The van der Waals surface area contributed by atoms with Gasteiger partial charge in [0.15, 0.2) is 0 Å². The lowest BCUT2D eigenvalue weighted by Gasteiger charge is -2.43. The van der Waals surface area contributed by atoms with Crippen LogP contribution in [0.25, 0.3) is 0 Å². The highest BCUT2D eigenvalue weighted by molar-refractivity contribution is 7.13. The Balaban J connectivity index is 2.04. The van der Waals surface area contributed by atoms with E-state index < -0.39 is 5.60 Å². The first kappa shape index (κ1) is 9.54. The van der Waals surface area contributed by atoms with Gasteiger partial charge in [-0.25, -0.2) is 0 Å². The Hall–Kier alpha value is -1.01. The van der Waals surface area contributed by atoms with E-state index in [1.807, 2.05) is 0 Å². The molecule has 0 radical (unpaired) electrons. The molecule has 1 saturated heterocycles. The molecule has 2 rings (SSSR count). The molecular weight excluding hydrogens is 202 g/mol. The molecule has 2 heterocycles. The predicted molar refractivity (Wildman–Crippen MR) is 51.2 cm³/mol. The fourth-order valence-electron chi connectivity index (χ4n) is 1.44. The summed E-state index contributed by atoms with van der Waals surface area (Å²) in [5, 5.41) is 18.2. The van der Waals surface area contributed by atoms with Gasteiger partial charge in [-0.3, -0.25) is 4.79 Å². The third-order valence-corrected chi connectivity index (χ3v) is 2.89. The van der Waals surface area contributed by atoms with Crippen molar-refractivity contribution in [1.29, 1.82) is 0 Å². The maximum absolute atomic E-state index is 11.7. The predicted octanol–water partition coefficient (Wildman–Crippen LogP) is 0.0533. The van der Waals surface area contributed by atoms with E-state index in [0.29, 0.717) is 18.1 Å². The van der Waals surface area contributed by atoms with E-state index in [0.717, 1.165) is 5.01 Å². The van der Waals surface area contributed by atoms with Gasteiger partial charge in [-0.05, 0) is 13.8 Å². The molecule has 0 bridgehead atoms. The van der Waals surface area contributed by atoms with Crippen molar-refractivity contribution in [2.24, 2.45) is 0 Å². The third-order valence-electron chi connectivity index (χ3n) is 2.06. The summed E-state index contributed by atoms with van der Waals surface area (Å²) in [7, 11) is 0. The van der Waals surface area contributed by atoms with Gasteiger partial charge in [0.2, 0.25) is 5.01 Å². The molecule has 6 heteroatoms. The monoisotopic (exact) mass is 213 g/mol. The average Bonchev–Trinajstić information content (AvgIpc) is 2.46. The molecule has 1 fully saturated rings. The van der Waals surface area contributed by atoms with Crippen molar-refractivity contribution in [3.8, 4) is 0 Å². The van der Waals surface area contributed by atoms with E-state index in [1.54, 1.807) is 18.7 Å². The van der Waals surface area contributed by atoms with E-state index in [4.69, 9.17) is 0 Å². The van der Waals surface area contributed by atoms with Crippen LogP contribution in [0.3, 0.4) is 0 Å². The molecular formula is C8H11N3O2S. The molecule has 1 aliphatic heterocycles. The van der Waals surface area contributed by atoms with Crippen molar-refractivity contribution in [3.05, 3.63) is 10.0 Å². The Morgan fingerprint density at radius 2 is 2.21 bits per heavy atom. The fourth-order valence-corrected chi connectivity index (χ4v) is 2.10. The Morgan fingerprint density at radius 3 is 2.64 bits per heavy atom. The molecule has 1 aromatic heterocycles. The summed E-state index contributed by atoms with van der Waals surface area (Å²) in [4.78, 5) is 13.2. The first-order chi connectivity index (χ1) is 6.48. The van der Waals surface area contributed by atoms with Gasteiger partial charge in [-0.2, -0.15) is 0 Å². The van der Waals surface area contributed by atoms with Gasteiger partial charge < -0.3 is 10.0 Å². The topological polar surface area (TPSA) is 66.3 Å². The summed E-state index contributed by atoms with van der Waals surface area (Å²) in [5.41, 5.74) is -0.727. The Kier molecular flexibility index (Phi) is 2.04. The van der Waals surface area contributed by atoms with Gasteiger partial charge in [-0.1, -0.05) is 11.3 Å². The number of hydrogen-bond donors (Lipinski definition) is 1. The highest BCUT2D eigenvalue weighted by atomic mass is 32.1. The summed E-state index contributed by atoms with van der Waals surface area (Å²) in [6.07, 6.45) is 0. The van der Waals surface area contributed by atoms with Crippen LogP contribution in [0.15, 0.2) is 0 Å². The normalized spacial score (nSPS) is 19.2. The Morgan fingerprint density at radius 1 is 1.57 bits per heavy atom. The molecule has 0 aliphatic carbocycles. The molecule has 1 aliphatic rings. The lowest BCUT2D eigenvalue weighted by atomic mass is 9.97. The zero-order valence-corrected chi connectivity index (χ0v) is 8.84. The number of carbonyl (C=O) groups is 1. The highest BCUT2D eigenvalue weighted by Gasteiger charge is 2.40. The summed E-state index contributed by atoms with van der Waals surface area (Å²) < 4.78 is 0. The zero-order chi connectivity index (χ0) is 10.3. The second-order valence-electron chi connectivity index (χ2n) is 3.78. The molecule has 0 aromatic carbocycles. The average molecular weight is 213 g/mol. The quantitative estimate of drug-likeness (QED) is 0.716. The van der Waals surface area contributed by atoms with Gasteiger partial charge in [0, 0.05) is 0 Å². The Labute approximate surface area is 85.4 Å². The van der Waals surface area contributed by atoms with Crippen molar-refractivity contribution in [1.82, 2.24) is 15.1 Å². The number of aliphatic hydroxyl groups is 1. The Bertz CT molecular complexity index is 366. The number of hydrogen-bond acceptors (Lipinski definition) is 5. The number of rotatable bonds is 1. The number of nitrogens with zero attached hydrogens (tertiary/aromatic N) is 3. The molecule has 14 heavy (non-hydrogen) atoms. The van der Waals surface area contributed by atoms with Gasteiger partial charge in [-0.15, -0.1) is 10.2 Å². The maximum atomic E-state index is 11.7. The van der Waals surface area contributed by atoms with Crippen LogP contribution < -0.4 is 0 Å². The lowest BCUT2D eigenvalue weighted by molar-refractivity contribution is -0.0669. The number of aryl methyl sites for hydroxylation is 1. The minimum atomic E-state index is -0.727. The maximum Gasteiger partial charge on any atom is 0.285 e. The summed E-state index contributed by atoms with van der Waals surface area (Å²) in [6.45, 7) is 4.28. The summed E-state index contributed by atoms with van der Waals surface area (Å²) in [6, 6.07) is 0. The smallest absolute Gasteiger partial charge is 0.285 e. The molecule has 0 saturated carbocycles. The van der Waals surface area contributed by atoms with Gasteiger partial charge in [0.25, 0.3) is 5.91 Å². The second kappa shape index (κ2) is 2.99. The number of likely N-dealkylation sites (tertiary alicyclic amines) is 1. The molecule has 0 atom stereocenters. The number of aromatic nitrogens is 2. The van der Waals surface area contributed by atoms with E-state index >= 15 is 0 Å². The summed E-state index contributed by atoms with van der Waals surface area (Å²) >= 11 is 1.28. The van der Waals surface area contributed by atoms with Crippen LogP contribution in [0, 0.1) is 6.92 Å². The van der Waals surface area contributed by atoms with Crippen LogP contribution in [-0.4, -0.2) is 44.8 Å². The van der Waals surface area contributed by atoms with Crippen LogP contribution in [0.4, 0.5) is 0 Å². The molecule has 1 aromatic rings. The van der Waals surface area contributed by atoms with E-state index in [9.17, 15) is 9.90 Å². The zero-order valence-electron chi connectivity index (χ0n) is 8.02. The third kappa shape index (κ3) is 1.62.